The molecule has 1 unspecified atom stereocenters. The molecule has 3 heterocycles. The van der Waals surface area contributed by atoms with E-state index >= 15 is 0 Å². The monoisotopic (exact) mass is 354 g/mol. The van der Waals surface area contributed by atoms with Gasteiger partial charge in [-0.2, -0.15) is 5.10 Å². The fourth-order valence-corrected chi connectivity index (χ4v) is 3.63. The Kier molecular flexibility index (Phi) is 4.33. The van der Waals surface area contributed by atoms with Gasteiger partial charge in [-0.3, -0.25) is 14.5 Å². The van der Waals surface area contributed by atoms with Crippen molar-refractivity contribution in [3.05, 3.63) is 69.9 Å². The molecule has 0 bridgehead atoms. The molecule has 1 atom stereocenters. The lowest BCUT2D eigenvalue weighted by Crippen LogP contribution is -2.38. The largest absolute Gasteiger partial charge is 0.386 e. The number of aliphatic hydroxyl groups excluding tert-OH is 1. The summed E-state index contributed by atoms with van der Waals surface area (Å²) in [5.41, 5.74) is 4.35. The van der Waals surface area contributed by atoms with E-state index in [0.717, 1.165) is 11.3 Å². The number of carbonyl (C=O) groups is 1. The molecule has 0 aliphatic carbocycles. The number of hydrogen-bond donors (Lipinski definition) is 1. The van der Waals surface area contributed by atoms with Gasteiger partial charge in [0.15, 0.2) is 0 Å². The molecule has 1 aliphatic heterocycles. The lowest BCUT2D eigenvalue weighted by atomic mass is 10.1. The van der Waals surface area contributed by atoms with E-state index in [0.29, 0.717) is 36.6 Å². The van der Waals surface area contributed by atoms with Crippen molar-refractivity contribution in [1.82, 2.24) is 19.7 Å². The molecule has 0 radical (unpaired) electrons. The van der Waals surface area contributed by atoms with E-state index < -0.39 is 6.10 Å². The second kappa shape index (κ2) is 6.78. The lowest BCUT2D eigenvalue weighted by Gasteiger charge is -2.27. The summed E-state index contributed by atoms with van der Waals surface area (Å²) in [6, 6.07) is 11.8. The van der Waals surface area contributed by atoms with Crippen LogP contribution in [0.15, 0.2) is 48.1 Å². The number of benzene rings is 1. The normalized spacial score (nSPS) is 15.0. The van der Waals surface area contributed by atoms with Gasteiger partial charge in [-0.25, -0.2) is 0 Å². The molecule has 0 saturated carbocycles. The van der Waals surface area contributed by atoms with Gasteiger partial charge in [0.05, 0.1) is 36.2 Å². The van der Waals surface area contributed by atoms with Crippen LogP contribution in [0.25, 0.3) is 0 Å². The lowest BCUT2D eigenvalue weighted by molar-refractivity contribution is 0.0710. The summed E-state index contributed by atoms with van der Waals surface area (Å²) in [4.78, 5) is 18.9. The highest BCUT2D eigenvalue weighted by molar-refractivity contribution is 7.11. The molecule has 0 saturated heterocycles. The van der Waals surface area contributed by atoms with Gasteiger partial charge in [0.2, 0.25) is 0 Å². The van der Waals surface area contributed by atoms with Crippen molar-refractivity contribution in [3.8, 4) is 0 Å². The molecule has 25 heavy (non-hydrogen) atoms. The van der Waals surface area contributed by atoms with Crippen LogP contribution in [0.2, 0.25) is 0 Å². The van der Waals surface area contributed by atoms with E-state index in [1.54, 1.807) is 16.6 Å². The third kappa shape index (κ3) is 3.33. The highest BCUT2D eigenvalue weighted by atomic mass is 32.1. The summed E-state index contributed by atoms with van der Waals surface area (Å²) in [6.45, 7) is 1.75. The van der Waals surface area contributed by atoms with E-state index in [4.69, 9.17) is 0 Å². The molecular weight excluding hydrogens is 336 g/mol. The Hall–Kier alpha value is -2.51. The average Bonchev–Trinajstić information content (AvgIpc) is 3.31. The van der Waals surface area contributed by atoms with Gasteiger partial charge >= 0.3 is 0 Å². The molecule has 6 nitrogen and oxygen atoms in total. The smallest absolute Gasteiger partial charge is 0.265 e. The maximum Gasteiger partial charge on any atom is 0.265 e. The minimum absolute atomic E-state index is 0.00124. The molecule has 0 fully saturated rings. The van der Waals surface area contributed by atoms with Crippen LogP contribution in [0, 0.1) is 0 Å². The van der Waals surface area contributed by atoms with Gasteiger partial charge in [0.25, 0.3) is 5.91 Å². The van der Waals surface area contributed by atoms with E-state index in [9.17, 15) is 9.90 Å². The first-order valence-corrected chi connectivity index (χ1v) is 9.05. The van der Waals surface area contributed by atoms with Gasteiger partial charge in [-0.1, -0.05) is 30.3 Å². The fourth-order valence-electron chi connectivity index (χ4n) is 3.04. The minimum atomic E-state index is -0.647. The second-order valence-corrected chi connectivity index (χ2v) is 6.97. The Morgan fingerprint density at radius 3 is 2.88 bits per heavy atom. The minimum Gasteiger partial charge on any atom is -0.386 e. The predicted octanol–water partition coefficient (Wildman–Crippen LogP) is 2.27. The Bertz CT molecular complexity index is 861. The fraction of sp³-hybridized carbons (Fsp3) is 0.278. The first-order chi connectivity index (χ1) is 12.2. The van der Waals surface area contributed by atoms with Gasteiger partial charge in [-0.05, 0) is 11.6 Å². The van der Waals surface area contributed by atoms with Crippen molar-refractivity contribution in [1.29, 1.82) is 0 Å². The summed E-state index contributed by atoms with van der Waals surface area (Å²) < 4.78 is 1.89. The molecule has 2 aromatic heterocycles. The number of carbonyl (C=O) groups excluding carboxylic acids is 1. The van der Waals surface area contributed by atoms with Crippen molar-refractivity contribution in [2.24, 2.45) is 0 Å². The highest BCUT2D eigenvalue weighted by Crippen LogP contribution is 2.22. The maximum atomic E-state index is 12.5. The molecule has 1 N–H and O–H groups in total. The SMILES string of the molecule is O=C(c1cncs1)N1CCn2nc(C(O)Cc3ccccc3)cc2C1. The number of nitrogens with zero attached hydrogens (tertiary/aromatic N) is 4. The number of rotatable bonds is 4. The zero-order chi connectivity index (χ0) is 17.2. The summed E-state index contributed by atoms with van der Waals surface area (Å²) in [5, 5.41) is 15.0. The van der Waals surface area contributed by atoms with Gasteiger partial charge < -0.3 is 10.0 Å². The molecule has 1 aromatic carbocycles. The number of amides is 1. The summed E-state index contributed by atoms with van der Waals surface area (Å²) in [7, 11) is 0. The van der Waals surface area contributed by atoms with E-state index in [1.165, 1.54) is 11.3 Å². The molecule has 1 amide bonds. The topological polar surface area (TPSA) is 71.2 Å². The van der Waals surface area contributed by atoms with Gasteiger partial charge in [0, 0.05) is 13.0 Å². The number of thiazole rings is 1. The van der Waals surface area contributed by atoms with Crippen LogP contribution in [0.1, 0.15) is 32.7 Å². The molecule has 3 aromatic rings. The highest BCUT2D eigenvalue weighted by Gasteiger charge is 2.25. The van der Waals surface area contributed by atoms with Crippen LogP contribution < -0.4 is 0 Å². The Balaban J connectivity index is 1.48. The van der Waals surface area contributed by atoms with E-state index in [-0.39, 0.29) is 5.91 Å². The van der Waals surface area contributed by atoms with Crippen LogP contribution >= 0.6 is 11.3 Å². The summed E-state index contributed by atoms with van der Waals surface area (Å²) in [5.74, 6) is 0.00124. The summed E-state index contributed by atoms with van der Waals surface area (Å²) in [6.07, 6.45) is 1.49. The van der Waals surface area contributed by atoms with Crippen LogP contribution in [0.5, 0.6) is 0 Å². The molecule has 128 valence electrons. The zero-order valence-electron chi connectivity index (χ0n) is 13.6. The van der Waals surface area contributed by atoms with Crippen molar-refractivity contribution in [2.75, 3.05) is 6.54 Å². The van der Waals surface area contributed by atoms with Crippen LogP contribution in [0.3, 0.4) is 0 Å². The predicted molar refractivity (Wildman–Crippen MR) is 94.2 cm³/mol. The Morgan fingerprint density at radius 2 is 2.12 bits per heavy atom. The molecular formula is C18H18N4O2S. The number of aromatic nitrogens is 3. The van der Waals surface area contributed by atoms with Crippen LogP contribution in [-0.4, -0.2) is 37.2 Å². The van der Waals surface area contributed by atoms with Gasteiger partial charge in [0.1, 0.15) is 11.0 Å². The number of fused-ring (bicyclic) bond motifs is 1. The van der Waals surface area contributed by atoms with E-state index in [1.807, 2.05) is 41.1 Å². The van der Waals surface area contributed by atoms with Gasteiger partial charge in [-0.15, -0.1) is 11.3 Å². The molecule has 7 heteroatoms. The number of aliphatic hydroxyl groups is 1. The van der Waals surface area contributed by atoms with Crippen molar-refractivity contribution in [3.63, 3.8) is 0 Å². The molecule has 4 rings (SSSR count). The Labute approximate surface area is 149 Å². The Morgan fingerprint density at radius 1 is 1.28 bits per heavy atom. The number of hydrogen-bond acceptors (Lipinski definition) is 5. The van der Waals surface area contributed by atoms with E-state index in [2.05, 4.69) is 10.1 Å². The van der Waals surface area contributed by atoms with Crippen LogP contribution in [-0.2, 0) is 19.5 Å². The molecule has 1 aliphatic rings. The van der Waals surface area contributed by atoms with Crippen molar-refractivity contribution < 1.29 is 9.90 Å². The molecule has 0 spiro atoms. The zero-order valence-corrected chi connectivity index (χ0v) is 14.4. The van der Waals surface area contributed by atoms with Crippen LogP contribution in [0.4, 0.5) is 0 Å². The first kappa shape index (κ1) is 16.0. The standard InChI is InChI=1S/C18H18N4O2S/c23-16(8-13-4-2-1-3-5-13)15-9-14-11-21(6-7-22(14)20-15)18(24)17-10-19-12-25-17/h1-5,9-10,12,16,23H,6-8,11H2. The summed E-state index contributed by atoms with van der Waals surface area (Å²) >= 11 is 1.35. The second-order valence-electron chi connectivity index (χ2n) is 6.08. The average molecular weight is 354 g/mol. The van der Waals surface area contributed by atoms with Crippen molar-refractivity contribution in [2.45, 2.75) is 25.6 Å². The third-order valence-electron chi connectivity index (χ3n) is 4.36. The maximum absolute atomic E-state index is 12.5. The first-order valence-electron chi connectivity index (χ1n) is 8.17. The quantitative estimate of drug-likeness (QED) is 0.780. The van der Waals surface area contributed by atoms with Crippen molar-refractivity contribution >= 4 is 17.2 Å². The third-order valence-corrected chi connectivity index (χ3v) is 5.12.